The summed E-state index contributed by atoms with van der Waals surface area (Å²) in [5, 5.41) is 0. The number of nitrogens with one attached hydrogen (secondary N) is 1. The SMILES string of the molecule is CC1CCCC(CCl)(NS(=O)(=O)C(F)F)C1. The van der Waals surface area contributed by atoms with E-state index in [4.69, 9.17) is 11.6 Å². The Bertz CT molecular complexity index is 336. The quantitative estimate of drug-likeness (QED) is 0.801. The second-order valence-electron chi connectivity index (χ2n) is 4.52. The third-order valence-electron chi connectivity index (χ3n) is 2.94. The zero-order chi connectivity index (χ0) is 12.4. The van der Waals surface area contributed by atoms with Crippen molar-refractivity contribution in [2.45, 2.75) is 43.9 Å². The fraction of sp³-hybridized carbons (Fsp3) is 1.00. The van der Waals surface area contributed by atoms with Crippen LogP contribution < -0.4 is 4.72 Å². The van der Waals surface area contributed by atoms with Gasteiger partial charge in [-0.1, -0.05) is 19.8 Å². The molecule has 1 fully saturated rings. The maximum atomic E-state index is 12.3. The van der Waals surface area contributed by atoms with Crippen LogP contribution in [0, 0.1) is 5.92 Å². The molecule has 16 heavy (non-hydrogen) atoms. The highest BCUT2D eigenvalue weighted by Crippen LogP contribution is 2.34. The first kappa shape index (κ1) is 14.1. The highest BCUT2D eigenvalue weighted by Gasteiger charge is 2.40. The predicted octanol–water partition coefficient (Wildman–Crippen LogP) is 2.32. The van der Waals surface area contributed by atoms with E-state index in [9.17, 15) is 17.2 Å². The van der Waals surface area contributed by atoms with Crippen molar-refractivity contribution in [1.29, 1.82) is 0 Å². The first-order chi connectivity index (χ1) is 7.31. The second kappa shape index (κ2) is 5.14. The lowest BCUT2D eigenvalue weighted by atomic mass is 9.78. The number of hydrogen-bond acceptors (Lipinski definition) is 2. The van der Waals surface area contributed by atoms with Crippen LogP contribution in [0.5, 0.6) is 0 Å². The summed E-state index contributed by atoms with van der Waals surface area (Å²) in [6, 6.07) is 0. The van der Waals surface area contributed by atoms with Crippen molar-refractivity contribution in [3.63, 3.8) is 0 Å². The van der Waals surface area contributed by atoms with Crippen molar-refractivity contribution < 1.29 is 17.2 Å². The summed E-state index contributed by atoms with van der Waals surface area (Å²) < 4.78 is 48.9. The van der Waals surface area contributed by atoms with Crippen LogP contribution in [0.1, 0.15) is 32.6 Å². The van der Waals surface area contributed by atoms with Crippen molar-refractivity contribution in [2.75, 3.05) is 5.88 Å². The topological polar surface area (TPSA) is 46.2 Å². The Balaban J connectivity index is 2.82. The number of halogens is 3. The Morgan fingerprint density at radius 3 is 2.62 bits per heavy atom. The monoisotopic (exact) mass is 275 g/mol. The highest BCUT2D eigenvalue weighted by molar-refractivity contribution is 7.89. The van der Waals surface area contributed by atoms with Gasteiger partial charge in [-0.25, -0.2) is 13.1 Å². The van der Waals surface area contributed by atoms with Crippen LogP contribution in [-0.2, 0) is 10.0 Å². The molecule has 2 atom stereocenters. The van der Waals surface area contributed by atoms with E-state index in [1.807, 2.05) is 6.92 Å². The van der Waals surface area contributed by atoms with Gasteiger partial charge in [0.1, 0.15) is 0 Å². The van der Waals surface area contributed by atoms with E-state index in [1.165, 1.54) is 0 Å². The Morgan fingerprint density at radius 1 is 1.56 bits per heavy atom. The van der Waals surface area contributed by atoms with Gasteiger partial charge in [-0.3, -0.25) is 0 Å². The summed E-state index contributed by atoms with van der Waals surface area (Å²) in [7, 11) is -4.56. The van der Waals surface area contributed by atoms with Gasteiger partial charge in [0.05, 0.1) is 0 Å². The lowest BCUT2D eigenvalue weighted by Crippen LogP contribution is -2.53. The second-order valence-corrected chi connectivity index (χ2v) is 6.44. The molecule has 2 unspecified atom stereocenters. The van der Waals surface area contributed by atoms with Gasteiger partial charge in [-0.15, -0.1) is 11.6 Å². The summed E-state index contributed by atoms with van der Waals surface area (Å²) in [4.78, 5) is 0. The molecule has 0 radical (unpaired) electrons. The highest BCUT2D eigenvalue weighted by atomic mass is 35.5. The minimum absolute atomic E-state index is 0.0310. The number of sulfonamides is 1. The van der Waals surface area contributed by atoms with Crippen LogP contribution >= 0.6 is 11.6 Å². The van der Waals surface area contributed by atoms with Crippen molar-refractivity contribution in [2.24, 2.45) is 5.92 Å². The minimum atomic E-state index is -4.56. The molecule has 0 saturated heterocycles. The molecule has 0 aliphatic heterocycles. The molecule has 0 aromatic rings. The molecule has 1 aliphatic rings. The third-order valence-corrected chi connectivity index (χ3v) is 4.64. The van der Waals surface area contributed by atoms with Crippen LogP contribution in [0.25, 0.3) is 0 Å². The Hall–Kier alpha value is 0.0600. The molecule has 0 bridgehead atoms. The minimum Gasteiger partial charge on any atom is -0.206 e. The molecule has 1 rings (SSSR count). The van der Waals surface area contributed by atoms with E-state index in [0.29, 0.717) is 18.8 Å². The summed E-state index contributed by atoms with van der Waals surface area (Å²) >= 11 is 5.74. The standard InChI is InChI=1S/C9H16ClF2NO2S/c1-7-3-2-4-9(5-7,6-10)13-16(14,15)8(11)12/h7-8,13H,2-6H2,1H3. The van der Waals surface area contributed by atoms with Gasteiger partial charge in [0.15, 0.2) is 0 Å². The normalized spacial score (nSPS) is 31.9. The van der Waals surface area contributed by atoms with E-state index in [0.717, 1.165) is 12.8 Å². The molecule has 1 aliphatic carbocycles. The maximum absolute atomic E-state index is 12.3. The maximum Gasteiger partial charge on any atom is 0.350 e. The molecule has 7 heteroatoms. The fourth-order valence-corrected chi connectivity index (χ4v) is 3.59. The molecular formula is C9H16ClF2NO2S. The largest absolute Gasteiger partial charge is 0.350 e. The van der Waals surface area contributed by atoms with Crippen LogP contribution in [-0.4, -0.2) is 25.6 Å². The van der Waals surface area contributed by atoms with Gasteiger partial charge in [0.2, 0.25) is 0 Å². The lowest BCUT2D eigenvalue weighted by Gasteiger charge is -2.38. The van der Waals surface area contributed by atoms with E-state index in [-0.39, 0.29) is 5.88 Å². The van der Waals surface area contributed by atoms with Gasteiger partial charge in [-0.05, 0) is 18.8 Å². The van der Waals surface area contributed by atoms with Crippen molar-refractivity contribution in [3.8, 4) is 0 Å². The number of alkyl halides is 3. The molecule has 1 saturated carbocycles. The van der Waals surface area contributed by atoms with E-state index < -0.39 is 21.3 Å². The summed E-state index contributed by atoms with van der Waals surface area (Å²) in [5.74, 6) is -3.07. The van der Waals surface area contributed by atoms with Gasteiger partial charge in [0.25, 0.3) is 10.0 Å². The molecule has 0 amide bonds. The van der Waals surface area contributed by atoms with Gasteiger partial charge < -0.3 is 0 Å². The molecule has 96 valence electrons. The lowest BCUT2D eigenvalue weighted by molar-refractivity contribution is 0.210. The van der Waals surface area contributed by atoms with Crippen molar-refractivity contribution in [1.82, 2.24) is 4.72 Å². The van der Waals surface area contributed by atoms with Crippen LogP contribution in [0.3, 0.4) is 0 Å². The van der Waals surface area contributed by atoms with Crippen LogP contribution in [0.15, 0.2) is 0 Å². The van der Waals surface area contributed by atoms with E-state index in [2.05, 4.69) is 4.72 Å². The summed E-state index contributed by atoms with van der Waals surface area (Å²) in [6.45, 7) is 1.97. The number of rotatable bonds is 4. The van der Waals surface area contributed by atoms with Crippen molar-refractivity contribution in [3.05, 3.63) is 0 Å². The molecule has 0 aromatic heterocycles. The smallest absolute Gasteiger partial charge is 0.206 e. The van der Waals surface area contributed by atoms with Gasteiger partial charge in [-0.2, -0.15) is 8.78 Å². The molecule has 0 aromatic carbocycles. The molecular weight excluding hydrogens is 260 g/mol. The molecule has 3 nitrogen and oxygen atoms in total. The first-order valence-corrected chi connectivity index (χ1v) is 7.26. The van der Waals surface area contributed by atoms with Crippen molar-refractivity contribution >= 4 is 21.6 Å². The Kier molecular flexibility index (Phi) is 4.54. The van der Waals surface area contributed by atoms with Crippen LogP contribution in [0.4, 0.5) is 8.78 Å². The Morgan fingerprint density at radius 2 is 2.19 bits per heavy atom. The molecule has 0 heterocycles. The zero-order valence-electron chi connectivity index (χ0n) is 9.05. The predicted molar refractivity (Wildman–Crippen MR) is 59.1 cm³/mol. The average Bonchev–Trinajstić information content (AvgIpc) is 2.16. The third kappa shape index (κ3) is 3.28. The first-order valence-electron chi connectivity index (χ1n) is 5.18. The zero-order valence-corrected chi connectivity index (χ0v) is 10.6. The summed E-state index contributed by atoms with van der Waals surface area (Å²) in [5.41, 5.74) is -0.894. The molecule has 1 N–H and O–H groups in total. The Labute approximate surface area is 99.6 Å². The average molecular weight is 276 g/mol. The van der Waals surface area contributed by atoms with Gasteiger partial charge in [0, 0.05) is 11.4 Å². The van der Waals surface area contributed by atoms with E-state index in [1.54, 1.807) is 0 Å². The fourth-order valence-electron chi connectivity index (χ4n) is 2.25. The number of hydrogen-bond donors (Lipinski definition) is 1. The van der Waals surface area contributed by atoms with Crippen LogP contribution in [0.2, 0.25) is 0 Å². The van der Waals surface area contributed by atoms with E-state index >= 15 is 0 Å². The van der Waals surface area contributed by atoms with Gasteiger partial charge >= 0.3 is 5.76 Å². The summed E-state index contributed by atoms with van der Waals surface area (Å²) in [6.07, 6.45) is 2.82. The molecule has 0 spiro atoms.